The second kappa shape index (κ2) is 14.2. The minimum absolute atomic E-state index is 0.0324. The minimum atomic E-state index is -3.13. The Morgan fingerprint density at radius 1 is 1.05 bits per heavy atom. The van der Waals surface area contributed by atoms with Gasteiger partial charge in [-0.3, -0.25) is 4.57 Å². The first-order valence-corrected chi connectivity index (χ1v) is 15.0. The number of carbonyl (C=O) groups is 2. The maximum absolute atomic E-state index is 13.0. The molecule has 1 unspecified atom stereocenters. The van der Waals surface area contributed by atoms with E-state index in [9.17, 15) is 14.2 Å². The summed E-state index contributed by atoms with van der Waals surface area (Å²) in [5.41, 5.74) is -0.918. The fourth-order valence-electron chi connectivity index (χ4n) is 2.90. The van der Waals surface area contributed by atoms with Crippen molar-refractivity contribution in [1.29, 1.82) is 0 Å². The van der Waals surface area contributed by atoms with Crippen LogP contribution < -0.4 is 4.74 Å². The summed E-state index contributed by atoms with van der Waals surface area (Å²) in [4.78, 5) is 40.8. The standard InChI is InChI=1S/C23H37N4O9PS/c1-8-32-37(30,33-9-2)15-38-11-10-31-13-23(6,7)36-20(29)17(19(28)35-22(3,4)5)34-21-24-12-16-18(27-21)26-14-25-16/h12,14,17H,8-11,13,15H2,1-7H3,(H,24,25,26,27). The van der Waals surface area contributed by atoms with E-state index < -0.39 is 36.8 Å². The van der Waals surface area contributed by atoms with Crippen LogP contribution in [0.1, 0.15) is 48.5 Å². The van der Waals surface area contributed by atoms with Gasteiger partial charge in [0.2, 0.25) is 0 Å². The molecule has 0 saturated carbocycles. The monoisotopic (exact) mass is 576 g/mol. The van der Waals surface area contributed by atoms with Crippen LogP contribution in [0.3, 0.4) is 0 Å². The van der Waals surface area contributed by atoms with Gasteiger partial charge < -0.3 is 33.0 Å². The Hall–Kier alpha value is -2.25. The molecule has 0 radical (unpaired) electrons. The van der Waals surface area contributed by atoms with Crippen LogP contribution in [0.2, 0.25) is 0 Å². The number of rotatable bonds is 16. The molecule has 0 amide bonds. The Kier molecular flexibility index (Phi) is 12.0. The summed E-state index contributed by atoms with van der Waals surface area (Å²) in [6.45, 7) is 12.7. The lowest BCUT2D eigenvalue weighted by atomic mass is 10.1. The van der Waals surface area contributed by atoms with E-state index in [1.165, 1.54) is 24.3 Å². The van der Waals surface area contributed by atoms with Gasteiger partial charge in [0.25, 0.3) is 6.10 Å². The van der Waals surface area contributed by atoms with Crippen molar-refractivity contribution >= 4 is 42.5 Å². The normalized spacial score (nSPS) is 13.3. The number of fused-ring (bicyclic) bond motifs is 1. The van der Waals surface area contributed by atoms with Gasteiger partial charge >= 0.3 is 25.5 Å². The maximum atomic E-state index is 13.0. The zero-order valence-electron chi connectivity index (χ0n) is 22.8. The lowest BCUT2D eigenvalue weighted by Gasteiger charge is -2.28. The van der Waals surface area contributed by atoms with Crippen molar-refractivity contribution in [2.45, 2.75) is 65.8 Å². The van der Waals surface area contributed by atoms with Gasteiger partial charge in [-0.15, -0.1) is 11.8 Å². The van der Waals surface area contributed by atoms with E-state index in [1.807, 2.05) is 0 Å². The molecule has 2 rings (SSSR count). The molecule has 2 aromatic rings. The second-order valence-corrected chi connectivity index (χ2v) is 13.1. The molecule has 1 atom stereocenters. The Morgan fingerprint density at radius 2 is 1.71 bits per heavy atom. The Balaban J connectivity index is 1.94. The lowest BCUT2D eigenvalue weighted by molar-refractivity contribution is -0.183. The number of aromatic amines is 1. The van der Waals surface area contributed by atoms with Crippen molar-refractivity contribution in [3.8, 4) is 6.01 Å². The molecular weight excluding hydrogens is 539 g/mol. The molecule has 15 heteroatoms. The average Bonchev–Trinajstić information content (AvgIpc) is 3.26. The molecule has 0 aliphatic carbocycles. The molecule has 1 N–H and O–H groups in total. The Bertz CT molecular complexity index is 1100. The van der Waals surface area contributed by atoms with Gasteiger partial charge in [-0.25, -0.2) is 19.6 Å². The number of nitrogens with zero attached hydrogens (tertiary/aromatic N) is 3. The van der Waals surface area contributed by atoms with Crippen LogP contribution in [0.15, 0.2) is 12.5 Å². The summed E-state index contributed by atoms with van der Waals surface area (Å²) >= 11 is 1.37. The van der Waals surface area contributed by atoms with Crippen molar-refractivity contribution in [2.24, 2.45) is 0 Å². The van der Waals surface area contributed by atoms with Gasteiger partial charge in [-0.1, -0.05) is 0 Å². The fraction of sp³-hybridized carbons (Fsp3) is 0.696. The summed E-state index contributed by atoms with van der Waals surface area (Å²) < 4.78 is 45.1. The molecule has 0 fully saturated rings. The molecule has 0 spiro atoms. The molecule has 2 aromatic heterocycles. The minimum Gasteiger partial charge on any atom is -0.457 e. The van der Waals surface area contributed by atoms with Gasteiger partial charge in [0.1, 0.15) is 16.7 Å². The van der Waals surface area contributed by atoms with Crippen LogP contribution >= 0.6 is 19.4 Å². The average molecular weight is 577 g/mol. The number of hydrogen-bond donors (Lipinski definition) is 1. The third kappa shape index (κ3) is 10.9. The van der Waals surface area contributed by atoms with Gasteiger partial charge in [0, 0.05) is 5.75 Å². The summed E-state index contributed by atoms with van der Waals surface area (Å²) in [6.07, 6.45) is 1.08. The van der Waals surface area contributed by atoms with Gasteiger partial charge in [0.05, 0.1) is 44.4 Å². The number of hydrogen-bond acceptors (Lipinski definition) is 13. The molecule has 38 heavy (non-hydrogen) atoms. The highest BCUT2D eigenvalue weighted by Gasteiger charge is 2.39. The Labute approximate surface area is 226 Å². The zero-order valence-corrected chi connectivity index (χ0v) is 24.6. The first-order chi connectivity index (χ1) is 17.8. The highest BCUT2D eigenvalue weighted by atomic mass is 32.2. The van der Waals surface area contributed by atoms with E-state index >= 15 is 0 Å². The summed E-state index contributed by atoms with van der Waals surface area (Å²) in [7, 11) is -3.13. The molecule has 2 heterocycles. The zero-order chi connectivity index (χ0) is 28.4. The van der Waals surface area contributed by atoms with Crippen molar-refractivity contribution in [3.63, 3.8) is 0 Å². The highest BCUT2D eigenvalue weighted by Crippen LogP contribution is 2.50. The largest absolute Gasteiger partial charge is 0.457 e. The smallest absolute Gasteiger partial charge is 0.360 e. The van der Waals surface area contributed by atoms with Crippen LogP contribution in [0.4, 0.5) is 0 Å². The summed E-state index contributed by atoms with van der Waals surface area (Å²) in [5, 5.41) is 0. The molecule has 0 bridgehead atoms. The van der Waals surface area contributed by atoms with Crippen LogP contribution in [0.5, 0.6) is 6.01 Å². The summed E-state index contributed by atoms with van der Waals surface area (Å²) in [5.74, 6) is -1.41. The molecule has 0 saturated heterocycles. The number of carbonyl (C=O) groups excluding carboxylic acids is 2. The number of aromatic nitrogens is 4. The SMILES string of the molecule is CCOP(=O)(CSCCOCC(C)(C)OC(=O)C(Oc1ncc2[nH]cnc2n1)C(=O)OC(C)(C)C)OCC. The van der Waals surface area contributed by atoms with E-state index in [2.05, 4.69) is 19.9 Å². The van der Waals surface area contributed by atoms with Crippen LogP contribution in [0.25, 0.3) is 11.2 Å². The second-order valence-electron chi connectivity index (χ2n) is 9.54. The Morgan fingerprint density at radius 3 is 2.34 bits per heavy atom. The molecule has 0 aliphatic rings. The highest BCUT2D eigenvalue weighted by molar-refractivity contribution is 8.04. The number of nitrogens with one attached hydrogen (secondary N) is 1. The van der Waals surface area contributed by atoms with Gasteiger partial charge in [-0.05, 0) is 48.5 Å². The fourth-order valence-corrected chi connectivity index (χ4v) is 6.01. The van der Waals surface area contributed by atoms with Crippen molar-refractivity contribution in [2.75, 3.05) is 37.7 Å². The third-order valence-corrected chi connectivity index (χ3v) is 8.06. The number of H-pyrrole nitrogens is 1. The van der Waals surface area contributed by atoms with Crippen LogP contribution in [-0.4, -0.2) is 86.9 Å². The molecule has 214 valence electrons. The van der Waals surface area contributed by atoms with Crippen molar-refractivity contribution < 1.29 is 42.1 Å². The van der Waals surface area contributed by atoms with E-state index in [0.29, 0.717) is 36.7 Å². The number of esters is 2. The van der Waals surface area contributed by atoms with E-state index in [-0.39, 0.29) is 18.1 Å². The van der Waals surface area contributed by atoms with Gasteiger partial charge in [-0.2, -0.15) is 4.98 Å². The molecular formula is C23H37N4O9PS. The third-order valence-electron chi connectivity index (χ3n) is 4.31. The topological polar surface area (TPSA) is 161 Å². The molecule has 0 aromatic carbocycles. The predicted molar refractivity (Wildman–Crippen MR) is 141 cm³/mol. The van der Waals surface area contributed by atoms with E-state index in [4.69, 9.17) is 28.0 Å². The van der Waals surface area contributed by atoms with Gasteiger partial charge in [0.15, 0.2) is 5.65 Å². The summed E-state index contributed by atoms with van der Waals surface area (Å²) in [6, 6.07) is -0.236. The predicted octanol–water partition coefficient (Wildman–Crippen LogP) is 3.74. The van der Waals surface area contributed by atoms with Crippen molar-refractivity contribution in [1.82, 2.24) is 19.9 Å². The first kappa shape index (κ1) is 32.0. The molecule has 0 aliphatic heterocycles. The van der Waals surface area contributed by atoms with Crippen LogP contribution in [0, 0.1) is 0 Å². The number of ether oxygens (including phenoxy) is 4. The van der Waals surface area contributed by atoms with E-state index in [0.717, 1.165) is 0 Å². The number of imidazole rings is 1. The van der Waals surface area contributed by atoms with Crippen molar-refractivity contribution in [3.05, 3.63) is 12.5 Å². The maximum Gasteiger partial charge on any atom is 0.360 e. The quantitative estimate of drug-likeness (QED) is 0.133. The van der Waals surface area contributed by atoms with Crippen LogP contribution in [-0.2, 0) is 37.4 Å². The molecule has 13 nitrogen and oxygen atoms in total. The first-order valence-electron chi connectivity index (χ1n) is 12.1. The van der Waals surface area contributed by atoms with E-state index in [1.54, 1.807) is 48.5 Å². The number of thioether (sulfide) groups is 1. The lowest BCUT2D eigenvalue weighted by Crippen LogP contribution is -2.46.